The van der Waals surface area contributed by atoms with Gasteiger partial charge in [0.15, 0.2) is 5.75 Å². The number of hydrogen-bond acceptors (Lipinski definition) is 4. The number of nitrogens with two attached hydrogens (primary N) is 1. The second-order valence-electron chi connectivity index (χ2n) is 4.42. The van der Waals surface area contributed by atoms with Crippen molar-refractivity contribution in [3.8, 4) is 11.6 Å². The molecule has 0 unspecified atom stereocenters. The van der Waals surface area contributed by atoms with Gasteiger partial charge in [0, 0.05) is 14.0 Å². The van der Waals surface area contributed by atoms with Crippen LogP contribution in [-0.2, 0) is 18.3 Å². The van der Waals surface area contributed by atoms with Gasteiger partial charge >= 0.3 is 0 Å². The van der Waals surface area contributed by atoms with Gasteiger partial charge in [0.2, 0.25) is 11.8 Å². The molecule has 1 heterocycles. The summed E-state index contributed by atoms with van der Waals surface area (Å²) in [5, 5.41) is 7.01. The molecule has 3 N–H and O–H groups in total. The molecule has 2 aromatic rings. The van der Waals surface area contributed by atoms with Gasteiger partial charge < -0.3 is 15.8 Å². The summed E-state index contributed by atoms with van der Waals surface area (Å²) in [7, 11) is 1.77. The Labute approximate surface area is 117 Å². The number of nitrogens with one attached hydrogen (secondary N) is 1. The fourth-order valence-electron chi connectivity index (χ4n) is 1.91. The van der Waals surface area contributed by atoms with Gasteiger partial charge in [0.25, 0.3) is 0 Å². The van der Waals surface area contributed by atoms with E-state index in [0.29, 0.717) is 23.0 Å². The summed E-state index contributed by atoms with van der Waals surface area (Å²) in [5.41, 5.74) is 7.93. The van der Waals surface area contributed by atoms with Gasteiger partial charge in [-0.25, -0.2) is 4.68 Å². The lowest BCUT2D eigenvalue weighted by atomic mass is 10.3. The largest absolute Gasteiger partial charge is 0.435 e. The highest BCUT2D eigenvalue weighted by atomic mass is 16.5. The highest BCUT2D eigenvalue weighted by Gasteiger charge is 2.15. The Morgan fingerprint density at radius 1 is 1.45 bits per heavy atom. The second-order valence-corrected chi connectivity index (χ2v) is 4.42. The van der Waals surface area contributed by atoms with Crippen LogP contribution in [0.3, 0.4) is 0 Å². The predicted octanol–water partition coefficient (Wildman–Crippen LogP) is 2.32. The average Bonchev–Trinajstić information content (AvgIpc) is 2.67. The van der Waals surface area contributed by atoms with Crippen LogP contribution in [-0.4, -0.2) is 15.7 Å². The number of carbonyl (C=O) groups excluding carboxylic acids is 1. The SMILES string of the molecule is CCc1nn(C)c(Oc2ccccc2NC(C)=O)c1N. The number of ether oxygens (including phenoxy) is 1. The Hall–Kier alpha value is -2.50. The van der Waals surface area contributed by atoms with Crippen molar-refractivity contribution in [2.75, 3.05) is 11.1 Å². The zero-order valence-corrected chi connectivity index (χ0v) is 11.8. The summed E-state index contributed by atoms with van der Waals surface area (Å²) in [6.45, 7) is 3.43. The minimum Gasteiger partial charge on any atom is -0.435 e. The van der Waals surface area contributed by atoms with Gasteiger partial charge in [-0.2, -0.15) is 5.10 Å². The minimum atomic E-state index is -0.159. The number of aromatic nitrogens is 2. The van der Waals surface area contributed by atoms with Gasteiger partial charge in [-0.1, -0.05) is 19.1 Å². The quantitative estimate of drug-likeness (QED) is 0.896. The number of benzene rings is 1. The van der Waals surface area contributed by atoms with Crippen LogP contribution in [0.5, 0.6) is 11.6 Å². The van der Waals surface area contributed by atoms with Crippen LogP contribution in [0.15, 0.2) is 24.3 Å². The van der Waals surface area contributed by atoms with Crippen molar-refractivity contribution in [1.82, 2.24) is 9.78 Å². The number of carbonyl (C=O) groups is 1. The van der Waals surface area contributed by atoms with E-state index in [1.807, 2.05) is 19.1 Å². The van der Waals surface area contributed by atoms with Gasteiger partial charge in [0.05, 0.1) is 11.4 Å². The Bertz CT molecular complexity index is 634. The van der Waals surface area contributed by atoms with E-state index < -0.39 is 0 Å². The van der Waals surface area contributed by atoms with Crippen molar-refractivity contribution < 1.29 is 9.53 Å². The third kappa shape index (κ3) is 2.74. The average molecular weight is 274 g/mol. The summed E-state index contributed by atoms with van der Waals surface area (Å²) in [6, 6.07) is 7.18. The van der Waals surface area contributed by atoms with Crippen molar-refractivity contribution in [3.63, 3.8) is 0 Å². The molecule has 1 aromatic heterocycles. The Morgan fingerprint density at radius 3 is 2.75 bits per heavy atom. The summed E-state index contributed by atoms with van der Waals surface area (Å²) in [6.07, 6.45) is 0.733. The maximum atomic E-state index is 11.2. The van der Waals surface area contributed by atoms with Crippen molar-refractivity contribution in [3.05, 3.63) is 30.0 Å². The molecule has 0 atom stereocenters. The van der Waals surface area contributed by atoms with E-state index in [-0.39, 0.29) is 5.91 Å². The zero-order valence-electron chi connectivity index (χ0n) is 11.8. The molecular formula is C14H18N4O2. The topological polar surface area (TPSA) is 82.2 Å². The monoisotopic (exact) mass is 274 g/mol. The van der Waals surface area contributed by atoms with Gasteiger partial charge in [0.1, 0.15) is 5.69 Å². The van der Waals surface area contributed by atoms with E-state index in [1.165, 1.54) is 6.92 Å². The molecule has 2 rings (SSSR count). The van der Waals surface area contributed by atoms with E-state index in [0.717, 1.165) is 12.1 Å². The van der Waals surface area contributed by atoms with Crippen LogP contribution >= 0.6 is 0 Å². The van der Waals surface area contributed by atoms with Crippen LogP contribution in [0.4, 0.5) is 11.4 Å². The zero-order chi connectivity index (χ0) is 14.7. The van der Waals surface area contributed by atoms with E-state index >= 15 is 0 Å². The summed E-state index contributed by atoms with van der Waals surface area (Å²) in [4.78, 5) is 11.2. The molecule has 0 aliphatic heterocycles. The highest BCUT2D eigenvalue weighted by molar-refractivity contribution is 5.90. The number of amides is 1. The number of hydrogen-bond donors (Lipinski definition) is 2. The number of rotatable bonds is 4. The number of nitrogens with zero attached hydrogens (tertiary/aromatic N) is 2. The molecule has 0 aliphatic carbocycles. The van der Waals surface area contributed by atoms with Gasteiger partial charge in [-0.3, -0.25) is 4.79 Å². The third-order valence-electron chi connectivity index (χ3n) is 2.85. The van der Waals surface area contributed by atoms with E-state index in [4.69, 9.17) is 10.5 Å². The maximum Gasteiger partial charge on any atom is 0.241 e. The first-order chi connectivity index (χ1) is 9.52. The van der Waals surface area contributed by atoms with Crippen LogP contribution in [0.2, 0.25) is 0 Å². The standard InChI is InChI=1S/C14H18N4O2/c1-4-10-13(15)14(18(3)17-10)20-12-8-6-5-7-11(12)16-9(2)19/h5-8H,4,15H2,1-3H3,(H,16,19). The molecule has 20 heavy (non-hydrogen) atoms. The van der Waals surface area contributed by atoms with Crippen molar-refractivity contribution in [1.29, 1.82) is 0 Å². The van der Waals surface area contributed by atoms with Gasteiger partial charge in [-0.05, 0) is 18.6 Å². The summed E-state index contributed by atoms with van der Waals surface area (Å²) in [5.74, 6) is 0.841. The van der Waals surface area contributed by atoms with E-state index in [2.05, 4.69) is 10.4 Å². The molecule has 106 valence electrons. The predicted molar refractivity (Wildman–Crippen MR) is 77.8 cm³/mol. The molecule has 0 bridgehead atoms. The molecule has 0 saturated heterocycles. The first-order valence-electron chi connectivity index (χ1n) is 6.38. The Balaban J connectivity index is 2.35. The fourth-order valence-corrected chi connectivity index (χ4v) is 1.91. The highest BCUT2D eigenvalue weighted by Crippen LogP contribution is 2.33. The molecular weight excluding hydrogens is 256 g/mol. The molecule has 0 saturated carbocycles. The lowest BCUT2D eigenvalue weighted by Gasteiger charge is -2.11. The van der Waals surface area contributed by atoms with Crippen LogP contribution < -0.4 is 15.8 Å². The van der Waals surface area contributed by atoms with Crippen molar-refractivity contribution in [2.24, 2.45) is 7.05 Å². The van der Waals surface area contributed by atoms with Gasteiger partial charge in [-0.15, -0.1) is 0 Å². The fraction of sp³-hybridized carbons (Fsp3) is 0.286. The Kier molecular flexibility index (Phi) is 3.93. The molecule has 1 aromatic carbocycles. The minimum absolute atomic E-state index is 0.159. The van der Waals surface area contributed by atoms with Crippen molar-refractivity contribution in [2.45, 2.75) is 20.3 Å². The normalized spacial score (nSPS) is 10.3. The molecule has 0 fully saturated rings. The number of anilines is 2. The van der Waals surface area contributed by atoms with E-state index in [9.17, 15) is 4.79 Å². The van der Waals surface area contributed by atoms with Crippen LogP contribution in [0, 0.1) is 0 Å². The molecule has 6 nitrogen and oxygen atoms in total. The number of para-hydroxylation sites is 2. The molecule has 0 spiro atoms. The maximum absolute atomic E-state index is 11.2. The lowest BCUT2D eigenvalue weighted by Crippen LogP contribution is -2.07. The first kappa shape index (κ1) is 13.9. The first-order valence-corrected chi connectivity index (χ1v) is 6.38. The third-order valence-corrected chi connectivity index (χ3v) is 2.85. The number of aryl methyl sites for hydroxylation is 2. The molecule has 0 radical (unpaired) electrons. The Morgan fingerprint density at radius 2 is 2.15 bits per heavy atom. The summed E-state index contributed by atoms with van der Waals surface area (Å²) < 4.78 is 7.41. The summed E-state index contributed by atoms with van der Waals surface area (Å²) >= 11 is 0. The second kappa shape index (κ2) is 5.64. The van der Waals surface area contributed by atoms with Crippen LogP contribution in [0.25, 0.3) is 0 Å². The molecule has 0 aliphatic rings. The number of nitrogen functional groups attached to an aromatic ring is 1. The molecule has 6 heteroatoms. The lowest BCUT2D eigenvalue weighted by molar-refractivity contribution is -0.114. The smallest absolute Gasteiger partial charge is 0.241 e. The van der Waals surface area contributed by atoms with E-state index in [1.54, 1.807) is 23.9 Å². The van der Waals surface area contributed by atoms with Crippen LogP contribution in [0.1, 0.15) is 19.5 Å². The molecule has 1 amide bonds. The van der Waals surface area contributed by atoms with Crippen molar-refractivity contribution >= 4 is 17.3 Å².